The maximum absolute atomic E-state index is 5.30. The number of hydrogen-bond acceptors (Lipinski definition) is 4. The predicted molar refractivity (Wildman–Crippen MR) is 86.5 cm³/mol. The van der Waals surface area contributed by atoms with E-state index < -0.39 is 0 Å². The minimum absolute atomic E-state index is 0.803. The Balaban J connectivity index is 2.15. The van der Waals surface area contributed by atoms with Gasteiger partial charge < -0.3 is 18.9 Å². The molecule has 2 aromatic carbocycles. The zero-order valence-electron chi connectivity index (χ0n) is 13.5. The van der Waals surface area contributed by atoms with Gasteiger partial charge in [0.15, 0.2) is 0 Å². The van der Waals surface area contributed by atoms with Crippen LogP contribution in [0.1, 0.15) is 11.1 Å². The lowest BCUT2D eigenvalue weighted by atomic mass is 10.0. The van der Waals surface area contributed by atoms with Crippen molar-refractivity contribution in [2.75, 3.05) is 28.4 Å². The van der Waals surface area contributed by atoms with Gasteiger partial charge in [0.25, 0.3) is 0 Å². The van der Waals surface area contributed by atoms with Crippen LogP contribution in [0.2, 0.25) is 0 Å². The van der Waals surface area contributed by atoms with Crippen LogP contribution >= 0.6 is 0 Å². The molecule has 0 aliphatic rings. The fraction of sp³-hybridized carbons (Fsp3) is 0.333. The fourth-order valence-electron chi connectivity index (χ4n) is 2.31. The number of aryl methyl sites for hydroxylation is 2. The second-order valence-electron chi connectivity index (χ2n) is 4.94. The fourth-order valence-corrected chi connectivity index (χ4v) is 2.31. The van der Waals surface area contributed by atoms with Crippen molar-refractivity contribution in [1.29, 1.82) is 0 Å². The van der Waals surface area contributed by atoms with E-state index >= 15 is 0 Å². The standard InChI is InChI=1S/C18H22O4/c1-19-15-7-13(8-16(11-15)20-2)5-6-14-9-17(21-3)12-18(10-14)22-4/h7-12H,5-6H2,1-4H3. The molecule has 2 rings (SSSR count). The van der Waals surface area contributed by atoms with Crippen LogP contribution in [0.25, 0.3) is 0 Å². The Hall–Kier alpha value is -2.36. The topological polar surface area (TPSA) is 36.9 Å². The molecule has 0 aromatic heterocycles. The van der Waals surface area contributed by atoms with Crippen LogP contribution in [0.3, 0.4) is 0 Å². The predicted octanol–water partition coefficient (Wildman–Crippen LogP) is 3.51. The van der Waals surface area contributed by atoms with Crippen LogP contribution in [0.5, 0.6) is 23.0 Å². The summed E-state index contributed by atoms with van der Waals surface area (Å²) in [6, 6.07) is 11.9. The summed E-state index contributed by atoms with van der Waals surface area (Å²) in [5.74, 6) is 3.21. The quantitative estimate of drug-likeness (QED) is 0.784. The lowest BCUT2D eigenvalue weighted by Crippen LogP contribution is -1.96. The van der Waals surface area contributed by atoms with Crippen LogP contribution in [0.15, 0.2) is 36.4 Å². The molecule has 118 valence electrons. The molecular weight excluding hydrogens is 280 g/mol. The first-order valence-corrected chi connectivity index (χ1v) is 7.12. The first-order chi connectivity index (χ1) is 10.7. The third-order valence-corrected chi connectivity index (χ3v) is 3.52. The van der Waals surface area contributed by atoms with Gasteiger partial charge in [0.2, 0.25) is 0 Å². The first-order valence-electron chi connectivity index (χ1n) is 7.12. The molecule has 0 aliphatic carbocycles. The van der Waals surface area contributed by atoms with Gasteiger partial charge in [-0.15, -0.1) is 0 Å². The van der Waals surface area contributed by atoms with Gasteiger partial charge in [-0.1, -0.05) is 0 Å². The van der Waals surface area contributed by atoms with Crippen molar-refractivity contribution in [3.8, 4) is 23.0 Å². The van der Waals surface area contributed by atoms with Gasteiger partial charge >= 0.3 is 0 Å². The van der Waals surface area contributed by atoms with E-state index in [1.54, 1.807) is 28.4 Å². The van der Waals surface area contributed by atoms with E-state index in [1.807, 2.05) is 36.4 Å². The molecule has 0 unspecified atom stereocenters. The molecule has 0 aliphatic heterocycles. The summed E-state index contributed by atoms with van der Waals surface area (Å²) in [4.78, 5) is 0. The molecule has 0 bridgehead atoms. The summed E-state index contributed by atoms with van der Waals surface area (Å²) in [5, 5.41) is 0. The van der Waals surface area contributed by atoms with Crippen LogP contribution in [-0.4, -0.2) is 28.4 Å². The van der Waals surface area contributed by atoms with Crippen LogP contribution in [0.4, 0.5) is 0 Å². The number of ether oxygens (including phenoxy) is 4. The average Bonchev–Trinajstić information content (AvgIpc) is 2.59. The molecule has 0 amide bonds. The monoisotopic (exact) mass is 302 g/mol. The molecular formula is C18H22O4. The van der Waals surface area contributed by atoms with Gasteiger partial charge in [-0.25, -0.2) is 0 Å². The SMILES string of the molecule is COc1cc(CCc2cc(OC)cc(OC)c2)cc(OC)c1. The molecule has 0 N–H and O–H groups in total. The van der Waals surface area contributed by atoms with E-state index in [1.165, 1.54) is 0 Å². The van der Waals surface area contributed by atoms with E-state index in [-0.39, 0.29) is 0 Å². The maximum Gasteiger partial charge on any atom is 0.122 e. The van der Waals surface area contributed by atoms with E-state index in [0.717, 1.165) is 47.0 Å². The molecule has 4 heteroatoms. The maximum atomic E-state index is 5.30. The van der Waals surface area contributed by atoms with Crippen LogP contribution < -0.4 is 18.9 Å². The summed E-state index contributed by atoms with van der Waals surface area (Å²) in [6.45, 7) is 0. The normalized spacial score (nSPS) is 10.2. The lowest BCUT2D eigenvalue weighted by molar-refractivity contribution is 0.392. The van der Waals surface area contributed by atoms with Crippen molar-refractivity contribution in [2.45, 2.75) is 12.8 Å². The Morgan fingerprint density at radius 1 is 0.500 bits per heavy atom. The molecule has 0 heterocycles. The zero-order chi connectivity index (χ0) is 15.9. The molecule has 0 radical (unpaired) electrons. The lowest BCUT2D eigenvalue weighted by Gasteiger charge is -2.10. The molecule has 2 aromatic rings. The minimum Gasteiger partial charge on any atom is -0.497 e. The van der Waals surface area contributed by atoms with Crippen molar-refractivity contribution in [2.24, 2.45) is 0 Å². The number of hydrogen-bond donors (Lipinski definition) is 0. The van der Waals surface area contributed by atoms with E-state index in [2.05, 4.69) is 0 Å². The summed E-state index contributed by atoms with van der Waals surface area (Å²) in [5.41, 5.74) is 2.33. The van der Waals surface area contributed by atoms with Crippen molar-refractivity contribution >= 4 is 0 Å². The van der Waals surface area contributed by atoms with E-state index in [9.17, 15) is 0 Å². The first kappa shape index (κ1) is 16.0. The van der Waals surface area contributed by atoms with Gasteiger partial charge in [0.1, 0.15) is 23.0 Å². The van der Waals surface area contributed by atoms with Gasteiger partial charge in [-0.2, -0.15) is 0 Å². The largest absolute Gasteiger partial charge is 0.497 e. The molecule has 0 spiro atoms. The van der Waals surface area contributed by atoms with Gasteiger partial charge in [0, 0.05) is 12.1 Å². The van der Waals surface area contributed by atoms with Crippen molar-refractivity contribution < 1.29 is 18.9 Å². The summed E-state index contributed by atoms with van der Waals surface area (Å²) in [6.07, 6.45) is 1.76. The molecule has 4 nitrogen and oxygen atoms in total. The summed E-state index contributed by atoms with van der Waals surface area (Å²) < 4.78 is 21.2. The highest BCUT2D eigenvalue weighted by molar-refractivity contribution is 5.41. The van der Waals surface area contributed by atoms with Crippen molar-refractivity contribution in [3.05, 3.63) is 47.5 Å². The zero-order valence-corrected chi connectivity index (χ0v) is 13.5. The number of methoxy groups -OCH3 is 4. The number of rotatable bonds is 7. The molecule has 0 saturated carbocycles. The van der Waals surface area contributed by atoms with E-state index in [0.29, 0.717) is 0 Å². The minimum atomic E-state index is 0.803. The highest BCUT2D eigenvalue weighted by Crippen LogP contribution is 2.26. The molecule has 22 heavy (non-hydrogen) atoms. The van der Waals surface area contributed by atoms with Gasteiger partial charge in [-0.3, -0.25) is 0 Å². The Morgan fingerprint density at radius 2 is 0.773 bits per heavy atom. The molecule has 0 atom stereocenters. The molecule has 0 saturated heterocycles. The van der Waals surface area contributed by atoms with Crippen molar-refractivity contribution in [3.63, 3.8) is 0 Å². The number of benzene rings is 2. The van der Waals surface area contributed by atoms with Gasteiger partial charge in [0.05, 0.1) is 28.4 Å². The Kier molecular flexibility index (Phi) is 5.53. The highest BCUT2D eigenvalue weighted by Gasteiger charge is 2.05. The van der Waals surface area contributed by atoms with E-state index in [4.69, 9.17) is 18.9 Å². The second-order valence-corrected chi connectivity index (χ2v) is 4.94. The third-order valence-electron chi connectivity index (χ3n) is 3.52. The Labute approximate surface area is 131 Å². The van der Waals surface area contributed by atoms with Crippen molar-refractivity contribution in [1.82, 2.24) is 0 Å². The van der Waals surface area contributed by atoms with Gasteiger partial charge in [-0.05, 0) is 48.2 Å². The average molecular weight is 302 g/mol. The van der Waals surface area contributed by atoms with Crippen LogP contribution in [0, 0.1) is 0 Å². The third kappa shape index (κ3) is 4.07. The summed E-state index contributed by atoms with van der Waals surface area (Å²) >= 11 is 0. The highest BCUT2D eigenvalue weighted by atomic mass is 16.5. The smallest absolute Gasteiger partial charge is 0.122 e. The van der Waals surface area contributed by atoms with Crippen LogP contribution in [-0.2, 0) is 12.8 Å². The molecule has 0 fully saturated rings. The summed E-state index contributed by atoms with van der Waals surface area (Å²) in [7, 11) is 6.63. The second kappa shape index (κ2) is 7.59. The Morgan fingerprint density at radius 3 is 1.00 bits per heavy atom. The Bertz CT molecular complexity index is 522.